The highest BCUT2D eigenvalue weighted by atomic mass is 32.1. The molecule has 0 aliphatic rings. The number of benzene rings is 1. The second kappa shape index (κ2) is 8.29. The van der Waals surface area contributed by atoms with E-state index in [2.05, 4.69) is 10.6 Å². The van der Waals surface area contributed by atoms with E-state index in [1.165, 1.54) is 17.4 Å². The van der Waals surface area contributed by atoms with Crippen molar-refractivity contribution in [2.24, 2.45) is 0 Å². The van der Waals surface area contributed by atoms with Gasteiger partial charge in [0, 0.05) is 13.1 Å². The van der Waals surface area contributed by atoms with Crippen molar-refractivity contribution < 1.29 is 14.0 Å². The Kier molecular flexibility index (Phi) is 6.09. The number of halogens is 1. The van der Waals surface area contributed by atoms with E-state index < -0.39 is 0 Å². The molecule has 1 heterocycles. The Labute approximate surface area is 132 Å². The van der Waals surface area contributed by atoms with Gasteiger partial charge in [0.05, 0.1) is 11.3 Å². The minimum absolute atomic E-state index is 0.0221. The molecule has 1 aromatic heterocycles. The number of hydrogen-bond acceptors (Lipinski definition) is 3. The summed E-state index contributed by atoms with van der Waals surface area (Å²) in [4.78, 5) is 24.0. The molecule has 2 N–H and O–H groups in total. The second-order valence-electron chi connectivity index (χ2n) is 4.70. The maximum atomic E-state index is 13.4. The molecule has 4 nitrogen and oxygen atoms in total. The predicted octanol–water partition coefficient (Wildman–Crippen LogP) is 2.37. The van der Waals surface area contributed by atoms with Crippen LogP contribution < -0.4 is 10.6 Å². The van der Waals surface area contributed by atoms with E-state index in [1.54, 1.807) is 24.3 Å². The Bertz CT molecular complexity index is 629. The van der Waals surface area contributed by atoms with Crippen molar-refractivity contribution in [2.75, 3.05) is 13.1 Å². The zero-order valence-electron chi connectivity index (χ0n) is 12.0. The summed E-state index contributed by atoms with van der Waals surface area (Å²) in [6.45, 7) is 0.925. The van der Waals surface area contributed by atoms with Gasteiger partial charge in [-0.1, -0.05) is 24.3 Å². The van der Waals surface area contributed by atoms with E-state index in [0.29, 0.717) is 30.0 Å². The smallest absolute Gasteiger partial charge is 0.261 e. The first-order chi connectivity index (χ1) is 10.7. The molecule has 0 aliphatic carbocycles. The molecule has 2 rings (SSSR count). The summed E-state index contributed by atoms with van der Waals surface area (Å²) in [6, 6.07) is 9.80. The van der Waals surface area contributed by atoms with E-state index in [-0.39, 0.29) is 24.1 Å². The molecule has 6 heteroatoms. The van der Waals surface area contributed by atoms with Crippen molar-refractivity contribution in [3.05, 3.63) is 58.0 Å². The predicted molar refractivity (Wildman–Crippen MR) is 84.4 cm³/mol. The SMILES string of the molecule is O=C(Cc1ccccc1F)NCCCNC(=O)c1cccs1. The average Bonchev–Trinajstić information content (AvgIpc) is 3.03. The van der Waals surface area contributed by atoms with Crippen LogP contribution in [0.3, 0.4) is 0 Å². The summed E-state index contributed by atoms with van der Waals surface area (Å²) in [5.74, 6) is -0.705. The van der Waals surface area contributed by atoms with Crippen LogP contribution >= 0.6 is 11.3 Å². The lowest BCUT2D eigenvalue weighted by molar-refractivity contribution is -0.120. The highest BCUT2D eigenvalue weighted by molar-refractivity contribution is 7.12. The van der Waals surface area contributed by atoms with E-state index in [1.807, 2.05) is 11.4 Å². The van der Waals surface area contributed by atoms with E-state index in [4.69, 9.17) is 0 Å². The fourth-order valence-corrected chi connectivity index (χ4v) is 2.53. The highest BCUT2D eigenvalue weighted by Gasteiger charge is 2.07. The molecule has 0 spiro atoms. The van der Waals surface area contributed by atoms with Crippen LogP contribution in [0.1, 0.15) is 21.7 Å². The summed E-state index contributed by atoms with van der Waals surface area (Å²) in [6.07, 6.45) is 0.647. The molecule has 0 saturated carbocycles. The molecule has 0 saturated heterocycles. The summed E-state index contributed by atoms with van der Waals surface area (Å²) in [7, 11) is 0. The zero-order chi connectivity index (χ0) is 15.8. The van der Waals surface area contributed by atoms with Crippen molar-refractivity contribution in [2.45, 2.75) is 12.8 Å². The van der Waals surface area contributed by atoms with Gasteiger partial charge in [0.1, 0.15) is 5.82 Å². The molecule has 2 amide bonds. The molecule has 0 atom stereocenters. The number of amides is 2. The molecule has 0 unspecified atom stereocenters. The number of hydrogen-bond donors (Lipinski definition) is 2. The van der Waals surface area contributed by atoms with Gasteiger partial charge in [0.2, 0.25) is 5.91 Å². The summed E-state index contributed by atoms with van der Waals surface area (Å²) >= 11 is 1.38. The molecule has 0 radical (unpaired) electrons. The Balaban J connectivity index is 1.61. The van der Waals surface area contributed by atoms with Crippen LogP contribution in [0.2, 0.25) is 0 Å². The average molecular weight is 320 g/mol. The maximum absolute atomic E-state index is 13.4. The molecular weight excluding hydrogens is 303 g/mol. The number of carbonyl (C=O) groups is 2. The third kappa shape index (κ3) is 4.96. The van der Waals surface area contributed by atoms with Gasteiger partial charge >= 0.3 is 0 Å². The van der Waals surface area contributed by atoms with Gasteiger partial charge in [-0.3, -0.25) is 9.59 Å². The first kappa shape index (κ1) is 16.2. The standard InChI is InChI=1S/C16H17FN2O2S/c17-13-6-2-1-5-12(13)11-15(20)18-8-4-9-19-16(21)14-7-3-10-22-14/h1-3,5-7,10H,4,8-9,11H2,(H,18,20)(H,19,21). The van der Waals surface area contributed by atoms with Gasteiger partial charge in [0.15, 0.2) is 0 Å². The van der Waals surface area contributed by atoms with Gasteiger partial charge in [-0.25, -0.2) is 4.39 Å². The third-order valence-corrected chi connectivity index (χ3v) is 3.88. The third-order valence-electron chi connectivity index (χ3n) is 3.02. The largest absolute Gasteiger partial charge is 0.356 e. The molecular formula is C16H17FN2O2S. The van der Waals surface area contributed by atoms with Crippen molar-refractivity contribution >= 4 is 23.2 Å². The van der Waals surface area contributed by atoms with Gasteiger partial charge in [-0.05, 0) is 29.5 Å². The summed E-state index contributed by atoms with van der Waals surface area (Å²) in [5, 5.41) is 7.34. The van der Waals surface area contributed by atoms with E-state index >= 15 is 0 Å². The second-order valence-corrected chi connectivity index (χ2v) is 5.65. The Morgan fingerprint density at radius 3 is 2.55 bits per heavy atom. The van der Waals surface area contributed by atoms with Crippen molar-refractivity contribution in [3.63, 3.8) is 0 Å². The highest BCUT2D eigenvalue weighted by Crippen LogP contribution is 2.08. The molecule has 0 bridgehead atoms. The minimum Gasteiger partial charge on any atom is -0.356 e. The van der Waals surface area contributed by atoms with Crippen LogP contribution in [0.15, 0.2) is 41.8 Å². The monoisotopic (exact) mass is 320 g/mol. The van der Waals surface area contributed by atoms with Crippen LogP contribution in [0, 0.1) is 5.82 Å². The molecule has 116 valence electrons. The van der Waals surface area contributed by atoms with Crippen LogP contribution in [0.4, 0.5) is 4.39 Å². The van der Waals surface area contributed by atoms with Crippen molar-refractivity contribution in [3.8, 4) is 0 Å². The number of thiophene rings is 1. The lowest BCUT2D eigenvalue weighted by atomic mass is 10.1. The first-order valence-corrected chi connectivity index (χ1v) is 7.86. The Morgan fingerprint density at radius 2 is 1.82 bits per heavy atom. The zero-order valence-corrected chi connectivity index (χ0v) is 12.8. The number of carbonyl (C=O) groups excluding carboxylic acids is 2. The Hall–Kier alpha value is -2.21. The summed E-state index contributed by atoms with van der Waals surface area (Å²) in [5.41, 5.74) is 0.381. The van der Waals surface area contributed by atoms with Gasteiger partial charge in [0.25, 0.3) is 5.91 Å². The molecule has 2 aromatic rings. The van der Waals surface area contributed by atoms with E-state index in [0.717, 1.165) is 0 Å². The topological polar surface area (TPSA) is 58.2 Å². The van der Waals surface area contributed by atoms with Crippen molar-refractivity contribution in [1.82, 2.24) is 10.6 Å². The maximum Gasteiger partial charge on any atom is 0.261 e. The number of rotatable bonds is 7. The van der Waals surface area contributed by atoms with E-state index in [9.17, 15) is 14.0 Å². The molecule has 1 aromatic carbocycles. The van der Waals surface area contributed by atoms with Gasteiger partial charge < -0.3 is 10.6 Å². The Morgan fingerprint density at radius 1 is 1.05 bits per heavy atom. The van der Waals surface area contributed by atoms with Crippen LogP contribution in [-0.2, 0) is 11.2 Å². The van der Waals surface area contributed by atoms with Crippen LogP contribution in [0.25, 0.3) is 0 Å². The van der Waals surface area contributed by atoms with Crippen LogP contribution in [-0.4, -0.2) is 24.9 Å². The summed E-state index contributed by atoms with van der Waals surface area (Å²) < 4.78 is 13.4. The van der Waals surface area contributed by atoms with Gasteiger partial charge in [-0.15, -0.1) is 11.3 Å². The normalized spacial score (nSPS) is 10.2. The first-order valence-electron chi connectivity index (χ1n) is 6.98. The van der Waals surface area contributed by atoms with Crippen LogP contribution in [0.5, 0.6) is 0 Å². The van der Waals surface area contributed by atoms with Crippen molar-refractivity contribution in [1.29, 1.82) is 0 Å². The molecule has 22 heavy (non-hydrogen) atoms. The quantitative estimate of drug-likeness (QED) is 0.770. The van der Waals surface area contributed by atoms with Gasteiger partial charge in [-0.2, -0.15) is 0 Å². The molecule has 0 aliphatic heterocycles. The number of nitrogens with one attached hydrogen (secondary N) is 2. The fraction of sp³-hybridized carbons (Fsp3) is 0.250. The lowest BCUT2D eigenvalue weighted by Gasteiger charge is -2.07. The minimum atomic E-state index is -0.374. The fourth-order valence-electron chi connectivity index (χ4n) is 1.89. The lowest BCUT2D eigenvalue weighted by Crippen LogP contribution is -2.30. The molecule has 0 fully saturated rings.